The number of nitrogens with zero attached hydrogens (tertiary/aromatic N) is 3. The average molecular weight is 524 g/mol. The Hall–Kier alpha value is -5.79. The zero-order valence-corrected chi connectivity index (χ0v) is 21.9. The van der Waals surface area contributed by atoms with Crippen molar-refractivity contribution in [2.75, 3.05) is 0 Å². The molecule has 0 aliphatic heterocycles. The second-order valence-electron chi connectivity index (χ2n) is 10.5. The summed E-state index contributed by atoms with van der Waals surface area (Å²) in [5.41, 5.74) is 8.43. The Morgan fingerprint density at radius 2 is 0.927 bits per heavy atom. The van der Waals surface area contributed by atoms with Gasteiger partial charge in [0.2, 0.25) is 0 Å². The molecule has 0 atom stereocenters. The summed E-state index contributed by atoms with van der Waals surface area (Å²) in [5.74, 6) is 0. The van der Waals surface area contributed by atoms with Crippen LogP contribution < -0.4 is 0 Å². The molecule has 0 bridgehead atoms. The van der Waals surface area contributed by atoms with Gasteiger partial charge in [0, 0.05) is 43.7 Å². The summed E-state index contributed by atoms with van der Waals surface area (Å²) in [4.78, 5) is 0. The predicted octanol–water partition coefficient (Wildman–Crippen LogP) is 9.65. The van der Waals surface area contributed by atoms with E-state index in [1.807, 2.05) is 12.1 Å². The largest absolute Gasteiger partial charge is 0.455 e. The Morgan fingerprint density at radius 3 is 1.44 bits per heavy atom. The molecule has 9 rings (SSSR count). The standard InChI is InChI=1S/C37H21N3O/c38-22-23-19-25(40-34-15-7-3-11-28(34)29-12-4-8-16-35(29)40)21-31-30-20-24(17-18-36(30)41-37(23)31)39-32-13-5-1-9-26(32)27-10-2-6-14-33(27)39/h1-21H. The summed E-state index contributed by atoms with van der Waals surface area (Å²) in [6, 6.07) is 46.7. The van der Waals surface area contributed by atoms with Gasteiger partial charge in [0.15, 0.2) is 5.58 Å². The molecule has 4 heteroatoms. The summed E-state index contributed by atoms with van der Waals surface area (Å²) in [7, 11) is 0. The molecule has 41 heavy (non-hydrogen) atoms. The van der Waals surface area contributed by atoms with Gasteiger partial charge in [-0.2, -0.15) is 5.26 Å². The van der Waals surface area contributed by atoms with Crippen molar-refractivity contribution >= 4 is 65.6 Å². The number of hydrogen-bond acceptors (Lipinski definition) is 2. The van der Waals surface area contributed by atoms with Gasteiger partial charge in [-0.1, -0.05) is 72.8 Å². The van der Waals surface area contributed by atoms with Crippen LogP contribution in [-0.2, 0) is 0 Å². The van der Waals surface area contributed by atoms with Crippen LogP contribution in [0.3, 0.4) is 0 Å². The van der Waals surface area contributed by atoms with Crippen LogP contribution in [0.15, 0.2) is 132 Å². The van der Waals surface area contributed by atoms with E-state index in [0.717, 1.165) is 49.8 Å². The van der Waals surface area contributed by atoms with Gasteiger partial charge in [-0.05, 0) is 54.6 Å². The first-order valence-electron chi connectivity index (χ1n) is 13.7. The molecule has 0 saturated heterocycles. The number of hydrogen-bond donors (Lipinski definition) is 0. The predicted molar refractivity (Wildman–Crippen MR) is 167 cm³/mol. The van der Waals surface area contributed by atoms with Gasteiger partial charge in [-0.25, -0.2) is 0 Å². The number of aromatic nitrogens is 2. The lowest BCUT2D eigenvalue weighted by Gasteiger charge is -2.09. The van der Waals surface area contributed by atoms with E-state index < -0.39 is 0 Å². The molecule has 0 spiro atoms. The van der Waals surface area contributed by atoms with Crippen molar-refractivity contribution in [1.29, 1.82) is 5.26 Å². The monoisotopic (exact) mass is 523 g/mol. The molecule has 0 aliphatic rings. The highest BCUT2D eigenvalue weighted by atomic mass is 16.3. The molecular formula is C37H21N3O. The molecular weight excluding hydrogens is 502 g/mol. The zero-order chi connectivity index (χ0) is 27.1. The Kier molecular flexibility index (Phi) is 4.37. The van der Waals surface area contributed by atoms with Gasteiger partial charge in [0.05, 0.1) is 27.6 Å². The van der Waals surface area contributed by atoms with Crippen LogP contribution in [0.2, 0.25) is 0 Å². The number of fused-ring (bicyclic) bond motifs is 9. The lowest BCUT2D eigenvalue weighted by molar-refractivity contribution is 0.667. The second kappa shape index (κ2) is 8.11. The van der Waals surface area contributed by atoms with E-state index in [9.17, 15) is 5.26 Å². The highest BCUT2D eigenvalue weighted by Crippen LogP contribution is 2.39. The first kappa shape index (κ1) is 22.1. The Balaban J connectivity index is 1.36. The lowest BCUT2D eigenvalue weighted by atomic mass is 10.1. The van der Waals surface area contributed by atoms with Crippen LogP contribution in [0, 0.1) is 11.3 Å². The minimum atomic E-state index is 0.522. The molecule has 0 unspecified atom stereocenters. The molecule has 6 aromatic carbocycles. The van der Waals surface area contributed by atoms with Gasteiger partial charge in [-0.3, -0.25) is 0 Å². The number of nitriles is 1. The van der Waals surface area contributed by atoms with Crippen molar-refractivity contribution in [3.63, 3.8) is 0 Å². The molecule has 9 aromatic rings. The van der Waals surface area contributed by atoms with E-state index in [4.69, 9.17) is 4.42 Å². The second-order valence-corrected chi connectivity index (χ2v) is 10.5. The summed E-state index contributed by atoms with van der Waals surface area (Å²) in [6.07, 6.45) is 0. The first-order chi connectivity index (χ1) is 20.3. The van der Waals surface area contributed by atoms with Gasteiger partial charge >= 0.3 is 0 Å². The highest BCUT2D eigenvalue weighted by molar-refractivity contribution is 6.13. The molecule has 190 valence electrons. The van der Waals surface area contributed by atoms with Gasteiger partial charge < -0.3 is 13.6 Å². The van der Waals surface area contributed by atoms with E-state index in [0.29, 0.717) is 11.1 Å². The maximum atomic E-state index is 10.2. The van der Waals surface area contributed by atoms with Crippen LogP contribution in [0.25, 0.3) is 76.9 Å². The van der Waals surface area contributed by atoms with Crippen molar-refractivity contribution in [1.82, 2.24) is 9.13 Å². The van der Waals surface area contributed by atoms with Crippen molar-refractivity contribution < 1.29 is 4.42 Å². The van der Waals surface area contributed by atoms with Crippen LogP contribution in [-0.4, -0.2) is 9.13 Å². The summed E-state index contributed by atoms with van der Waals surface area (Å²) < 4.78 is 10.9. The molecule has 4 nitrogen and oxygen atoms in total. The van der Waals surface area contributed by atoms with Gasteiger partial charge in [0.1, 0.15) is 11.7 Å². The van der Waals surface area contributed by atoms with Gasteiger partial charge in [-0.15, -0.1) is 0 Å². The van der Waals surface area contributed by atoms with Crippen molar-refractivity contribution in [3.05, 3.63) is 133 Å². The van der Waals surface area contributed by atoms with Crippen molar-refractivity contribution in [2.24, 2.45) is 0 Å². The number of para-hydroxylation sites is 4. The molecule has 0 fully saturated rings. The normalized spacial score (nSPS) is 11.9. The summed E-state index contributed by atoms with van der Waals surface area (Å²) >= 11 is 0. The molecule has 0 N–H and O–H groups in total. The molecule has 3 heterocycles. The average Bonchev–Trinajstić information content (AvgIpc) is 3.68. The SMILES string of the molecule is N#Cc1cc(-n2c3ccccc3c3ccccc32)cc2c1oc1ccc(-n3c4ccccc4c4ccccc43)cc12. The van der Waals surface area contributed by atoms with Crippen LogP contribution in [0.5, 0.6) is 0 Å². The maximum absolute atomic E-state index is 10.2. The fraction of sp³-hybridized carbons (Fsp3) is 0. The smallest absolute Gasteiger partial charge is 0.153 e. The summed E-state index contributed by atoms with van der Waals surface area (Å²) in [6.45, 7) is 0. The Labute approximate surface area is 234 Å². The quantitative estimate of drug-likeness (QED) is 0.226. The van der Waals surface area contributed by atoms with E-state index in [1.54, 1.807) is 0 Å². The van der Waals surface area contributed by atoms with Crippen LogP contribution >= 0.6 is 0 Å². The third-order valence-electron chi connectivity index (χ3n) is 8.34. The van der Waals surface area contributed by atoms with E-state index in [1.165, 1.54) is 21.5 Å². The minimum Gasteiger partial charge on any atom is -0.455 e. The molecule has 0 radical (unpaired) electrons. The Morgan fingerprint density at radius 1 is 0.463 bits per heavy atom. The molecule has 3 aromatic heterocycles. The van der Waals surface area contributed by atoms with Crippen molar-refractivity contribution in [3.8, 4) is 17.4 Å². The third-order valence-corrected chi connectivity index (χ3v) is 8.34. The van der Waals surface area contributed by atoms with E-state index in [2.05, 4.69) is 130 Å². The minimum absolute atomic E-state index is 0.522. The fourth-order valence-corrected chi connectivity index (χ4v) is 6.60. The molecule has 0 aliphatic carbocycles. The van der Waals surface area contributed by atoms with E-state index >= 15 is 0 Å². The zero-order valence-electron chi connectivity index (χ0n) is 21.9. The topological polar surface area (TPSA) is 46.8 Å². The number of rotatable bonds is 2. The van der Waals surface area contributed by atoms with E-state index in [-0.39, 0.29) is 0 Å². The van der Waals surface area contributed by atoms with Gasteiger partial charge in [0.25, 0.3) is 0 Å². The van der Waals surface area contributed by atoms with Crippen LogP contribution in [0.4, 0.5) is 0 Å². The van der Waals surface area contributed by atoms with Crippen LogP contribution in [0.1, 0.15) is 5.56 Å². The first-order valence-corrected chi connectivity index (χ1v) is 13.7. The molecule has 0 amide bonds. The summed E-state index contributed by atoms with van der Waals surface area (Å²) in [5, 5.41) is 17.0. The molecule has 0 saturated carbocycles. The number of benzene rings is 6. The lowest BCUT2D eigenvalue weighted by Crippen LogP contribution is -1.95. The fourth-order valence-electron chi connectivity index (χ4n) is 6.60. The third kappa shape index (κ3) is 2.98. The number of furan rings is 1. The highest BCUT2D eigenvalue weighted by Gasteiger charge is 2.19. The maximum Gasteiger partial charge on any atom is 0.153 e. The Bertz CT molecular complexity index is 2450. The van der Waals surface area contributed by atoms with Crippen molar-refractivity contribution in [2.45, 2.75) is 0 Å².